The van der Waals surface area contributed by atoms with Crippen LogP contribution in [0.1, 0.15) is 32.6 Å². The van der Waals surface area contributed by atoms with Crippen molar-refractivity contribution in [2.45, 2.75) is 56.9 Å². The van der Waals surface area contributed by atoms with Crippen LogP contribution in [0.3, 0.4) is 0 Å². The first-order valence-corrected chi connectivity index (χ1v) is 9.18. The molecule has 3 unspecified atom stereocenters. The largest absolute Gasteiger partial charge is 0.479 e. The first-order valence-electron chi connectivity index (χ1n) is 9.18. The SMILES string of the molecule is CC(Oc1ccc2ccccc2c1)C(=O)OC1CC2CCC(C1)N2C. The van der Waals surface area contributed by atoms with Gasteiger partial charge in [-0.05, 0) is 62.6 Å². The molecule has 2 aromatic rings. The second-order valence-corrected chi connectivity index (χ2v) is 7.35. The fraction of sp³-hybridized carbons (Fsp3) is 0.476. The highest BCUT2D eigenvalue weighted by atomic mass is 16.6. The Morgan fingerprint density at radius 1 is 1.08 bits per heavy atom. The Kier molecular flexibility index (Phi) is 4.38. The van der Waals surface area contributed by atoms with Crippen LogP contribution in [0.2, 0.25) is 0 Å². The third-order valence-corrected chi connectivity index (χ3v) is 5.70. The van der Waals surface area contributed by atoms with Crippen molar-refractivity contribution in [3.05, 3.63) is 42.5 Å². The van der Waals surface area contributed by atoms with Crippen molar-refractivity contribution in [2.24, 2.45) is 0 Å². The molecule has 4 heteroatoms. The monoisotopic (exact) mass is 339 g/mol. The van der Waals surface area contributed by atoms with Crippen molar-refractivity contribution in [3.63, 3.8) is 0 Å². The molecular formula is C21H25NO3. The Morgan fingerprint density at radius 2 is 1.76 bits per heavy atom. The minimum Gasteiger partial charge on any atom is -0.479 e. The van der Waals surface area contributed by atoms with E-state index in [9.17, 15) is 4.79 Å². The van der Waals surface area contributed by atoms with E-state index in [4.69, 9.17) is 9.47 Å². The van der Waals surface area contributed by atoms with Crippen LogP contribution in [0, 0.1) is 0 Å². The van der Waals surface area contributed by atoms with Crippen LogP contribution in [-0.2, 0) is 9.53 Å². The molecule has 4 rings (SSSR count). The van der Waals surface area contributed by atoms with Crippen molar-refractivity contribution >= 4 is 16.7 Å². The number of piperidine rings is 1. The molecule has 0 saturated carbocycles. The Balaban J connectivity index is 1.37. The summed E-state index contributed by atoms with van der Waals surface area (Å²) in [5.74, 6) is 0.439. The molecule has 2 saturated heterocycles. The summed E-state index contributed by atoms with van der Waals surface area (Å²) in [5, 5.41) is 2.26. The lowest BCUT2D eigenvalue weighted by Crippen LogP contribution is -2.44. The number of nitrogens with zero attached hydrogens (tertiary/aromatic N) is 1. The van der Waals surface area contributed by atoms with Crippen LogP contribution in [0.4, 0.5) is 0 Å². The molecule has 2 fully saturated rings. The highest BCUT2D eigenvalue weighted by Crippen LogP contribution is 2.35. The standard InChI is InChI=1S/C21H25NO3/c1-14(24-19-10-7-15-5-3-4-6-16(15)11-19)21(23)25-20-12-17-8-9-18(13-20)22(17)2/h3-7,10-11,14,17-18,20H,8-9,12-13H2,1-2H3. The van der Waals surface area contributed by atoms with Gasteiger partial charge in [0.05, 0.1) is 0 Å². The number of benzene rings is 2. The number of rotatable bonds is 4. The molecule has 0 amide bonds. The predicted octanol–water partition coefficient (Wildman–Crippen LogP) is 3.78. The number of carbonyl (C=O) groups is 1. The maximum Gasteiger partial charge on any atom is 0.347 e. The van der Waals surface area contributed by atoms with Gasteiger partial charge in [0.15, 0.2) is 6.10 Å². The average molecular weight is 339 g/mol. The Hall–Kier alpha value is -2.07. The van der Waals surface area contributed by atoms with E-state index >= 15 is 0 Å². The van der Waals surface area contributed by atoms with Crippen LogP contribution in [0.25, 0.3) is 10.8 Å². The normalized spacial score (nSPS) is 27.2. The van der Waals surface area contributed by atoms with Gasteiger partial charge in [0.25, 0.3) is 0 Å². The molecule has 25 heavy (non-hydrogen) atoms. The molecule has 0 aromatic heterocycles. The maximum absolute atomic E-state index is 12.4. The zero-order valence-electron chi connectivity index (χ0n) is 14.9. The summed E-state index contributed by atoms with van der Waals surface area (Å²) in [6.45, 7) is 1.76. The summed E-state index contributed by atoms with van der Waals surface area (Å²) in [6.07, 6.45) is 3.77. The molecule has 3 atom stereocenters. The first kappa shape index (κ1) is 16.4. The Labute approximate surface area is 148 Å². The van der Waals surface area contributed by atoms with Crippen molar-refractivity contribution < 1.29 is 14.3 Å². The van der Waals surface area contributed by atoms with Crippen molar-refractivity contribution in [2.75, 3.05) is 7.05 Å². The minimum absolute atomic E-state index is 0.0313. The van der Waals surface area contributed by atoms with Crippen LogP contribution >= 0.6 is 0 Å². The molecule has 2 aliphatic rings. The summed E-state index contributed by atoms with van der Waals surface area (Å²) in [7, 11) is 2.19. The lowest BCUT2D eigenvalue weighted by atomic mass is 10.0. The van der Waals surface area contributed by atoms with Gasteiger partial charge in [0.1, 0.15) is 11.9 Å². The minimum atomic E-state index is -0.599. The van der Waals surface area contributed by atoms with Crippen LogP contribution < -0.4 is 4.74 Å². The molecule has 0 aliphatic carbocycles. The van der Waals surface area contributed by atoms with Crippen LogP contribution in [0.5, 0.6) is 5.75 Å². The third-order valence-electron chi connectivity index (χ3n) is 5.70. The lowest BCUT2D eigenvalue weighted by Gasteiger charge is -2.36. The fourth-order valence-electron chi connectivity index (χ4n) is 4.21. The zero-order valence-corrected chi connectivity index (χ0v) is 14.9. The van der Waals surface area contributed by atoms with Gasteiger partial charge >= 0.3 is 5.97 Å². The highest BCUT2D eigenvalue weighted by molar-refractivity contribution is 5.84. The van der Waals surface area contributed by atoms with E-state index in [1.54, 1.807) is 6.92 Å². The van der Waals surface area contributed by atoms with Gasteiger partial charge in [-0.3, -0.25) is 0 Å². The van der Waals surface area contributed by atoms with E-state index in [0.29, 0.717) is 17.8 Å². The van der Waals surface area contributed by atoms with Crippen molar-refractivity contribution in [1.29, 1.82) is 0 Å². The van der Waals surface area contributed by atoms with Crippen LogP contribution in [-0.4, -0.2) is 42.2 Å². The van der Waals surface area contributed by atoms with Crippen molar-refractivity contribution in [1.82, 2.24) is 4.90 Å². The zero-order chi connectivity index (χ0) is 17.4. The van der Waals surface area contributed by atoms with Gasteiger partial charge in [0, 0.05) is 12.1 Å². The van der Waals surface area contributed by atoms with Gasteiger partial charge < -0.3 is 14.4 Å². The summed E-state index contributed by atoms with van der Waals surface area (Å²) in [4.78, 5) is 14.9. The summed E-state index contributed by atoms with van der Waals surface area (Å²) in [6, 6.07) is 15.1. The number of esters is 1. The molecule has 0 spiro atoms. The molecule has 2 bridgehead atoms. The molecule has 132 valence electrons. The molecule has 2 aliphatic heterocycles. The third kappa shape index (κ3) is 3.36. The van der Waals surface area contributed by atoms with Crippen LogP contribution in [0.15, 0.2) is 42.5 Å². The summed E-state index contributed by atoms with van der Waals surface area (Å²) < 4.78 is 11.6. The summed E-state index contributed by atoms with van der Waals surface area (Å²) in [5.41, 5.74) is 0. The second-order valence-electron chi connectivity index (χ2n) is 7.35. The number of carbonyl (C=O) groups excluding carboxylic acids is 1. The Morgan fingerprint density at radius 3 is 2.48 bits per heavy atom. The molecule has 0 N–H and O–H groups in total. The van der Waals surface area contributed by atoms with E-state index in [0.717, 1.165) is 23.6 Å². The number of fused-ring (bicyclic) bond motifs is 3. The predicted molar refractivity (Wildman–Crippen MR) is 97.7 cm³/mol. The van der Waals surface area contributed by atoms with Gasteiger partial charge in [-0.1, -0.05) is 30.3 Å². The maximum atomic E-state index is 12.4. The van der Waals surface area contributed by atoms with Gasteiger partial charge in [-0.25, -0.2) is 4.79 Å². The molecular weight excluding hydrogens is 314 g/mol. The van der Waals surface area contributed by atoms with E-state index in [-0.39, 0.29) is 12.1 Å². The van der Waals surface area contributed by atoms with E-state index < -0.39 is 6.10 Å². The van der Waals surface area contributed by atoms with Crippen molar-refractivity contribution in [3.8, 4) is 5.75 Å². The number of hydrogen-bond donors (Lipinski definition) is 0. The topological polar surface area (TPSA) is 38.8 Å². The number of hydrogen-bond acceptors (Lipinski definition) is 4. The lowest BCUT2D eigenvalue weighted by molar-refractivity contribution is -0.159. The average Bonchev–Trinajstić information content (AvgIpc) is 2.83. The molecule has 2 heterocycles. The highest BCUT2D eigenvalue weighted by Gasteiger charge is 2.40. The van der Waals surface area contributed by atoms with E-state index in [1.165, 1.54) is 12.8 Å². The van der Waals surface area contributed by atoms with E-state index in [1.807, 2.05) is 36.4 Å². The molecule has 0 radical (unpaired) electrons. The second kappa shape index (κ2) is 6.68. The summed E-state index contributed by atoms with van der Waals surface area (Å²) >= 11 is 0. The number of ether oxygens (including phenoxy) is 2. The van der Waals surface area contributed by atoms with Gasteiger partial charge in [0.2, 0.25) is 0 Å². The quantitative estimate of drug-likeness (QED) is 0.795. The smallest absolute Gasteiger partial charge is 0.347 e. The van der Waals surface area contributed by atoms with Gasteiger partial charge in [-0.2, -0.15) is 0 Å². The van der Waals surface area contributed by atoms with E-state index in [2.05, 4.69) is 18.0 Å². The molecule has 2 aromatic carbocycles. The fourth-order valence-corrected chi connectivity index (χ4v) is 4.21. The Bertz CT molecular complexity index is 761. The van der Waals surface area contributed by atoms with Gasteiger partial charge in [-0.15, -0.1) is 0 Å². The molecule has 4 nitrogen and oxygen atoms in total. The first-order chi connectivity index (χ1) is 12.1.